The Labute approximate surface area is 166 Å². The molecule has 1 spiro atoms. The van der Waals surface area contributed by atoms with Crippen LogP contribution in [0.3, 0.4) is 0 Å². The van der Waals surface area contributed by atoms with Gasteiger partial charge in [0.25, 0.3) is 0 Å². The molecule has 0 bridgehead atoms. The number of nitrogens with one attached hydrogen (secondary N) is 1. The highest BCUT2D eigenvalue weighted by atomic mass is 32.2. The number of ether oxygens (including phenoxy) is 1. The highest BCUT2D eigenvalue weighted by Crippen LogP contribution is 2.48. The smallest absolute Gasteiger partial charge is 0.415 e. The molecule has 1 amide bonds. The Morgan fingerprint density at radius 3 is 2.86 bits per heavy atom. The maximum Gasteiger partial charge on any atom is 0.415 e. The van der Waals surface area contributed by atoms with E-state index in [9.17, 15) is 17.6 Å². The number of carbonyl (C=O) groups excluding carboxylic acids is 1. The molecule has 1 aliphatic carbocycles. The molecule has 2 saturated heterocycles. The first-order chi connectivity index (χ1) is 13.7. The fraction of sp³-hybridized carbons (Fsp3) is 0.529. The van der Waals surface area contributed by atoms with Gasteiger partial charge in [-0.25, -0.2) is 22.6 Å². The van der Waals surface area contributed by atoms with Crippen molar-refractivity contribution in [2.24, 2.45) is 4.99 Å². The Morgan fingerprint density at radius 2 is 2.21 bits per heavy atom. The fourth-order valence-corrected chi connectivity index (χ4v) is 4.77. The molecular formula is C17H19FN6O4S. The van der Waals surface area contributed by atoms with Crippen LogP contribution in [0.1, 0.15) is 13.3 Å². The summed E-state index contributed by atoms with van der Waals surface area (Å²) in [5.74, 6) is -0.213. The van der Waals surface area contributed by atoms with E-state index in [4.69, 9.17) is 10.00 Å². The van der Waals surface area contributed by atoms with E-state index >= 15 is 0 Å². The molecule has 3 aliphatic rings. The summed E-state index contributed by atoms with van der Waals surface area (Å²) in [5.41, 5.74) is -0.509. The molecule has 1 aromatic rings. The quantitative estimate of drug-likeness (QED) is 0.321. The second kappa shape index (κ2) is 6.84. The lowest BCUT2D eigenvalue weighted by Gasteiger charge is -2.28. The van der Waals surface area contributed by atoms with Crippen molar-refractivity contribution in [3.8, 4) is 6.19 Å². The van der Waals surface area contributed by atoms with Crippen LogP contribution in [-0.4, -0.2) is 68.1 Å². The third kappa shape index (κ3) is 3.69. The molecule has 29 heavy (non-hydrogen) atoms. The summed E-state index contributed by atoms with van der Waals surface area (Å²) in [6, 6.07) is 0.944. The van der Waals surface area contributed by atoms with Gasteiger partial charge < -0.3 is 9.64 Å². The number of anilines is 2. The van der Waals surface area contributed by atoms with Crippen molar-refractivity contribution in [3.05, 3.63) is 18.1 Å². The molecule has 3 heterocycles. The van der Waals surface area contributed by atoms with Crippen LogP contribution in [-0.2, 0) is 14.6 Å². The Balaban J connectivity index is 1.47. The van der Waals surface area contributed by atoms with E-state index in [2.05, 4.69) is 15.3 Å². The SMILES string of the molecule is CC(=N[C@H]1CC12CN(c1cnc(N3CCS(=O)(=O)CC3)c(F)c1)C(=O)O2)NC#N. The van der Waals surface area contributed by atoms with E-state index in [1.54, 1.807) is 18.0 Å². The third-order valence-electron chi connectivity index (χ3n) is 5.27. The number of nitriles is 1. The van der Waals surface area contributed by atoms with Crippen molar-refractivity contribution in [2.45, 2.75) is 25.0 Å². The lowest BCUT2D eigenvalue weighted by molar-refractivity contribution is 0.126. The average molecular weight is 422 g/mol. The number of pyridine rings is 1. The van der Waals surface area contributed by atoms with Crippen molar-refractivity contribution >= 4 is 33.3 Å². The number of amidine groups is 1. The van der Waals surface area contributed by atoms with Crippen molar-refractivity contribution in [3.63, 3.8) is 0 Å². The Hall–Kier alpha value is -2.94. The Bertz CT molecular complexity index is 1020. The van der Waals surface area contributed by atoms with Crippen LogP contribution in [0.2, 0.25) is 0 Å². The van der Waals surface area contributed by atoms with Gasteiger partial charge in [0.1, 0.15) is 5.84 Å². The molecule has 2 aliphatic heterocycles. The van der Waals surface area contributed by atoms with E-state index in [0.717, 1.165) is 0 Å². The topological polar surface area (TPSA) is 128 Å². The zero-order valence-electron chi connectivity index (χ0n) is 15.6. The number of amides is 1. The first kappa shape index (κ1) is 19.4. The van der Waals surface area contributed by atoms with Crippen LogP contribution in [0, 0.1) is 17.3 Å². The van der Waals surface area contributed by atoms with Gasteiger partial charge in [0.2, 0.25) is 0 Å². The molecule has 0 aromatic carbocycles. The normalized spacial score (nSPS) is 28.2. The van der Waals surface area contributed by atoms with E-state index in [0.29, 0.717) is 12.3 Å². The molecular weight excluding hydrogens is 403 g/mol. The minimum atomic E-state index is -3.08. The van der Waals surface area contributed by atoms with Gasteiger partial charge in [-0.2, -0.15) is 5.26 Å². The predicted octanol–water partition coefficient (Wildman–Crippen LogP) is 0.412. The maximum absolute atomic E-state index is 14.7. The fourth-order valence-electron chi connectivity index (χ4n) is 3.57. The highest BCUT2D eigenvalue weighted by molar-refractivity contribution is 7.91. The molecule has 12 heteroatoms. The van der Waals surface area contributed by atoms with Gasteiger partial charge in [0.05, 0.1) is 36.0 Å². The van der Waals surface area contributed by atoms with Gasteiger partial charge in [0, 0.05) is 25.6 Å². The van der Waals surface area contributed by atoms with Crippen LogP contribution in [0.5, 0.6) is 0 Å². The van der Waals surface area contributed by atoms with Crippen LogP contribution >= 0.6 is 0 Å². The lowest BCUT2D eigenvalue weighted by atomic mass is 10.3. The summed E-state index contributed by atoms with van der Waals surface area (Å²) in [6.45, 7) is 2.21. The van der Waals surface area contributed by atoms with E-state index < -0.39 is 27.3 Å². The van der Waals surface area contributed by atoms with E-state index in [1.807, 2.05) is 0 Å². The number of nitrogens with zero attached hydrogens (tertiary/aromatic N) is 5. The highest BCUT2D eigenvalue weighted by Gasteiger charge is 2.64. The molecule has 154 valence electrons. The molecule has 1 N–H and O–H groups in total. The van der Waals surface area contributed by atoms with Gasteiger partial charge in [-0.1, -0.05) is 0 Å². The first-order valence-corrected chi connectivity index (χ1v) is 10.9. The van der Waals surface area contributed by atoms with Gasteiger partial charge in [0.15, 0.2) is 33.3 Å². The number of rotatable bonds is 3. The lowest BCUT2D eigenvalue weighted by Crippen LogP contribution is -2.41. The minimum Gasteiger partial charge on any atom is -0.438 e. The van der Waals surface area contributed by atoms with Gasteiger partial charge >= 0.3 is 6.09 Å². The summed E-state index contributed by atoms with van der Waals surface area (Å²) in [6.07, 6.45) is 3.08. The second-order valence-electron chi connectivity index (χ2n) is 7.33. The third-order valence-corrected chi connectivity index (χ3v) is 6.88. The summed E-state index contributed by atoms with van der Waals surface area (Å²) < 4.78 is 43.2. The number of hydrogen-bond acceptors (Lipinski definition) is 8. The predicted molar refractivity (Wildman–Crippen MR) is 102 cm³/mol. The van der Waals surface area contributed by atoms with Crippen LogP contribution in [0.15, 0.2) is 17.3 Å². The van der Waals surface area contributed by atoms with E-state index in [1.165, 1.54) is 17.2 Å². The number of sulfone groups is 1. The number of aromatic nitrogens is 1. The first-order valence-electron chi connectivity index (χ1n) is 9.04. The monoisotopic (exact) mass is 422 g/mol. The zero-order chi connectivity index (χ0) is 20.8. The van der Waals surface area contributed by atoms with Crippen molar-refractivity contribution in [1.82, 2.24) is 10.3 Å². The van der Waals surface area contributed by atoms with Crippen LogP contribution in [0.25, 0.3) is 0 Å². The molecule has 0 radical (unpaired) electrons. The zero-order valence-corrected chi connectivity index (χ0v) is 16.4. The summed E-state index contributed by atoms with van der Waals surface area (Å²) >= 11 is 0. The molecule has 4 rings (SSSR count). The summed E-state index contributed by atoms with van der Waals surface area (Å²) in [7, 11) is -3.08. The molecule has 3 fully saturated rings. The molecule has 2 atom stereocenters. The standard InChI is InChI=1S/C17H19FN6O4S/c1-11(21-10-19)22-14-7-17(14)9-24(16(25)28-17)12-6-13(18)15(20-8-12)23-2-4-29(26,27)5-3-23/h6,8,14H,2-5,7,9H2,1H3,(H,21,22)/t14-,17?/m0/s1. The maximum atomic E-state index is 14.7. The molecule has 10 nitrogen and oxygen atoms in total. The van der Waals surface area contributed by atoms with Crippen molar-refractivity contribution in [1.29, 1.82) is 5.26 Å². The summed E-state index contributed by atoms with van der Waals surface area (Å²) in [5, 5.41) is 11.0. The summed E-state index contributed by atoms with van der Waals surface area (Å²) in [4.78, 5) is 23.6. The largest absolute Gasteiger partial charge is 0.438 e. The molecule has 1 aromatic heterocycles. The number of hydrogen-bond donors (Lipinski definition) is 1. The van der Waals surface area contributed by atoms with Crippen molar-refractivity contribution in [2.75, 3.05) is 40.9 Å². The van der Waals surface area contributed by atoms with Gasteiger partial charge in [-0.15, -0.1) is 0 Å². The van der Waals surface area contributed by atoms with Crippen LogP contribution in [0.4, 0.5) is 20.7 Å². The van der Waals surface area contributed by atoms with Crippen molar-refractivity contribution < 1.29 is 22.3 Å². The minimum absolute atomic E-state index is 0.0428. The molecule has 1 saturated carbocycles. The Morgan fingerprint density at radius 1 is 1.48 bits per heavy atom. The second-order valence-corrected chi connectivity index (χ2v) is 9.63. The number of carbonyl (C=O) groups is 1. The molecule has 1 unspecified atom stereocenters. The number of halogens is 1. The Kier molecular flexibility index (Phi) is 4.57. The van der Waals surface area contributed by atoms with Gasteiger partial charge in [-0.3, -0.25) is 15.2 Å². The van der Waals surface area contributed by atoms with Crippen LogP contribution < -0.4 is 15.1 Å². The van der Waals surface area contributed by atoms with E-state index in [-0.39, 0.29) is 48.7 Å². The average Bonchev–Trinajstić information content (AvgIpc) is 3.18. The van der Waals surface area contributed by atoms with Gasteiger partial charge in [-0.05, 0) is 6.92 Å². The number of aliphatic imine (C=N–C) groups is 1.